The van der Waals surface area contributed by atoms with Gasteiger partial charge in [0.15, 0.2) is 5.78 Å². The summed E-state index contributed by atoms with van der Waals surface area (Å²) in [5.41, 5.74) is 1.47. The molecule has 0 radical (unpaired) electrons. The van der Waals surface area contributed by atoms with Crippen LogP contribution in [0.25, 0.3) is 0 Å². The standard InChI is InChI=1S/C28H21Cl3N2O4S/c29-20-12-14-24(22(16-20)27(34)19-9-5-2-6-10-19)32-28(35)25(15-18-7-3-1-4-8-18)33-38(36,37)26-17-21(30)11-13-23(26)31/h1-14,16-17,25,33H,15H2,(H,32,35)/t25-/m1/s1. The van der Waals surface area contributed by atoms with E-state index in [0.717, 1.165) is 0 Å². The molecule has 0 spiro atoms. The van der Waals surface area contributed by atoms with Gasteiger partial charge in [-0.15, -0.1) is 0 Å². The zero-order valence-corrected chi connectivity index (χ0v) is 22.8. The second-order valence-corrected chi connectivity index (χ2v) is 11.3. The SMILES string of the molecule is O=C(c1ccccc1)c1cc(Cl)ccc1NC(=O)[C@@H](Cc1ccccc1)NS(=O)(=O)c1cc(Cl)ccc1Cl. The molecule has 1 atom stereocenters. The fourth-order valence-corrected chi connectivity index (χ4v) is 5.88. The van der Waals surface area contributed by atoms with Gasteiger partial charge in [0.25, 0.3) is 0 Å². The summed E-state index contributed by atoms with van der Waals surface area (Å²) < 4.78 is 29.0. The number of anilines is 1. The van der Waals surface area contributed by atoms with Crippen molar-refractivity contribution < 1.29 is 18.0 Å². The highest BCUT2D eigenvalue weighted by molar-refractivity contribution is 7.89. The van der Waals surface area contributed by atoms with Crippen molar-refractivity contribution in [2.24, 2.45) is 0 Å². The van der Waals surface area contributed by atoms with Gasteiger partial charge in [-0.25, -0.2) is 8.42 Å². The summed E-state index contributed by atoms with van der Waals surface area (Å²) in [6.45, 7) is 0. The van der Waals surface area contributed by atoms with Crippen LogP contribution in [0, 0.1) is 0 Å². The molecule has 6 nitrogen and oxygen atoms in total. The fourth-order valence-electron chi connectivity index (χ4n) is 3.75. The minimum absolute atomic E-state index is 0.0274. The maximum Gasteiger partial charge on any atom is 0.242 e. The number of benzene rings is 4. The zero-order chi connectivity index (χ0) is 27.3. The first kappa shape index (κ1) is 27.8. The van der Waals surface area contributed by atoms with E-state index in [0.29, 0.717) is 16.1 Å². The van der Waals surface area contributed by atoms with Crippen LogP contribution in [-0.2, 0) is 21.2 Å². The second kappa shape index (κ2) is 12.1. The molecule has 4 rings (SSSR count). The molecule has 4 aromatic rings. The van der Waals surface area contributed by atoms with Crippen molar-refractivity contribution in [1.82, 2.24) is 4.72 Å². The summed E-state index contributed by atoms with van der Waals surface area (Å²) in [4.78, 5) is 26.5. The van der Waals surface area contributed by atoms with E-state index in [9.17, 15) is 18.0 Å². The van der Waals surface area contributed by atoms with Crippen LogP contribution < -0.4 is 10.0 Å². The Labute approximate surface area is 235 Å². The molecule has 0 aromatic heterocycles. The number of halogens is 3. The maximum absolute atomic E-state index is 13.5. The number of amides is 1. The average molecular weight is 588 g/mol. The highest BCUT2D eigenvalue weighted by Crippen LogP contribution is 2.27. The van der Waals surface area contributed by atoms with E-state index in [1.165, 1.54) is 36.4 Å². The molecular weight excluding hydrogens is 567 g/mol. The van der Waals surface area contributed by atoms with Gasteiger partial charge in [0.2, 0.25) is 15.9 Å². The first-order valence-corrected chi connectivity index (χ1v) is 14.0. The number of carbonyl (C=O) groups is 2. The Balaban J connectivity index is 1.68. The topological polar surface area (TPSA) is 92.3 Å². The first-order valence-electron chi connectivity index (χ1n) is 11.4. The molecule has 0 heterocycles. The normalized spacial score (nSPS) is 12.1. The summed E-state index contributed by atoms with van der Waals surface area (Å²) in [6, 6.07) is 24.7. The third kappa shape index (κ3) is 6.81. The van der Waals surface area contributed by atoms with Gasteiger partial charge in [-0.3, -0.25) is 9.59 Å². The zero-order valence-electron chi connectivity index (χ0n) is 19.7. The van der Waals surface area contributed by atoms with E-state index >= 15 is 0 Å². The van der Waals surface area contributed by atoms with Crippen LogP contribution in [0.1, 0.15) is 21.5 Å². The van der Waals surface area contributed by atoms with Crippen molar-refractivity contribution >= 4 is 62.2 Å². The van der Waals surface area contributed by atoms with E-state index in [-0.39, 0.29) is 38.4 Å². The lowest BCUT2D eigenvalue weighted by molar-refractivity contribution is -0.117. The lowest BCUT2D eigenvalue weighted by atomic mass is 10.0. The second-order valence-electron chi connectivity index (χ2n) is 8.31. The summed E-state index contributed by atoms with van der Waals surface area (Å²) in [5, 5.41) is 3.13. The summed E-state index contributed by atoms with van der Waals surface area (Å²) in [5.74, 6) is -1.03. The molecular formula is C28H21Cl3N2O4S. The molecule has 1 amide bonds. The lowest BCUT2D eigenvalue weighted by Gasteiger charge is -2.20. The highest BCUT2D eigenvalue weighted by atomic mass is 35.5. The summed E-state index contributed by atoms with van der Waals surface area (Å²) in [6.07, 6.45) is 0.0274. The van der Waals surface area contributed by atoms with Crippen LogP contribution in [0.15, 0.2) is 102 Å². The van der Waals surface area contributed by atoms with Crippen LogP contribution in [0.3, 0.4) is 0 Å². The van der Waals surface area contributed by atoms with Crippen LogP contribution in [0.2, 0.25) is 15.1 Å². The Hall–Kier alpha value is -3.20. The Morgan fingerprint density at radius 2 is 1.37 bits per heavy atom. The molecule has 0 saturated carbocycles. The molecule has 38 heavy (non-hydrogen) atoms. The van der Waals surface area contributed by atoms with E-state index < -0.39 is 22.0 Å². The Kier molecular flexibility index (Phi) is 8.87. The third-order valence-electron chi connectivity index (χ3n) is 5.60. The molecule has 0 aliphatic heterocycles. The molecule has 10 heteroatoms. The Morgan fingerprint density at radius 1 is 0.763 bits per heavy atom. The van der Waals surface area contributed by atoms with Crippen molar-refractivity contribution in [3.05, 3.63) is 129 Å². The largest absolute Gasteiger partial charge is 0.324 e. The van der Waals surface area contributed by atoms with Crippen molar-refractivity contribution in [3.63, 3.8) is 0 Å². The molecule has 0 bridgehead atoms. The number of carbonyl (C=O) groups excluding carboxylic acids is 2. The molecule has 4 aromatic carbocycles. The number of nitrogens with one attached hydrogen (secondary N) is 2. The lowest BCUT2D eigenvalue weighted by Crippen LogP contribution is -2.45. The van der Waals surface area contributed by atoms with Crippen LogP contribution in [0.5, 0.6) is 0 Å². The minimum Gasteiger partial charge on any atom is -0.324 e. The number of rotatable bonds is 9. The third-order valence-corrected chi connectivity index (χ3v) is 8.02. The van der Waals surface area contributed by atoms with Gasteiger partial charge in [-0.1, -0.05) is 95.5 Å². The van der Waals surface area contributed by atoms with Gasteiger partial charge in [-0.2, -0.15) is 4.72 Å². The van der Waals surface area contributed by atoms with Gasteiger partial charge in [0.05, 0.1) is 10.7 Å². The Morgan fingerprint density at radius 3 is 2.05 bits per heavy atom. The van der Waals surface area contributed by atoms with Crippen molar-refractivity contribution in [2.75, 3.05) is 5.32 Å². The molecule has 0 saturated heterocycles. The van der Waals surface area contributed by atoms with Crippen LogP contribution in [-0.4, -0.2) is 26.2 Å². The summed E-state index contributed by atoms with van der Waals surface area (Å²) >= 11 is 18.3. The highest BCUT2D eigenvalue weighted by Gasteiger charge is 2.29. The van der Waals surface area contributed by atoms with E-state index in [1.807, 2.05) is 6.07 Å². The van der Waals surface area contributed by atoms with Crippen molar-refractivity contribution in [3.8, 4) is 0 Å². The summed E-state index contributed by atoms with van der Waals surface area (Å²) in [7, 11) is -4.26. The average Bonchev–Trinajstić information content (AvgIpc) is 2.91. The number of hydrogen-bond donors (Lipinski definition) is 2. The van der Waals surface area contributed by atoms with Gasteiger partial charge >= 0.3 is 0 Å². The molecule has 0 aliphatic carbocycles. The molecule has 0 fully saturated rings. The molecule has 2 N–H and O–H groups in total. The van der Waals surface area contributed by atoms with Gasteiger partial charge in [0, 0.05) is 21.2 Å². The Bertz CT molecular complexity index is 1580. The van der Waals surface area contributed by atoms with Gasteiger partial charge in [0.1, 0.15) is 10.9 Å². The quantitative estimate of drug-likeness (QED) is 0.222. The van der Waals surface area contributed by atoms with Gasteiger partial charge in [-0.05, 0) is 48.4 Å². The van der Waals surface area contributed by atoms with Crippen LogP contribution >= 0.6 is 34.8 Å². The molecule has 0 unspecified atom stereocenters. The maximum atomic E-state index is 13.5. The predicted molar refractivity (Wildman–Crippen MR) is 151 cm³/mol. The van der Waals surface area contributed by atoms with Crippen molar-refractivity contribution in [2.45, 2.75) is 17.4 Å². The first-order chi connectivity index (χ1) is 18.1. The van der Waals surface area contributed by atoms with E-state index in [2.05, 4.69) is 10.0 Å². The predicted octanol–water partition coefficient (Wildman–Crippen LogP) is 6.41. The smallest absolute Gasteiger partial charge is 0.242 e. The number of hydrogen-bond acceptors (Lipinski definition) is 4. The van der Waals surface area contributed by atoms with E-state index in [4.69, 9.17) is 34.8 Å². The monoisotopic (exact) mass is 586 g/mol. The van der Waals surface area contributed by atoms with E-state index in [1.54, 1.807) is 54.6 Å². The van der Waals surface area contributed by atoms with Gasteiger partial charge < -0.3 is 5.32 Å². The molecule has 0 aliphatic rings. The molecule has 194 valence electrons. The van der Waals surface area contributed by atoms with Crippen molar-refractivity contribution in [1.29, 1.82) is 0 Å². The number of sulfonamides is 1. The van der Waals surface area contributed by atoms with Crippen LogP contribution in [0.4, 0.5) is 5.69 Å². The number of ketones is 1. The fraction of sp³-hybridized carbons (Fsp3) is 0.0714. The minimum atomic E-state index is -4.26.